The zero-order valence-electron chi connectivity index (χ0n) is 10.4. The van der Waals surface area contributed by atoms with E-state index in [9.17, 15) is 4.79 Å². The molecule has 2 nitrogen and oxygen atoms in total. The number of ether oxygens (including phenoxy) is 1. The molecular formula is C15H20O2. The maximum Gasteiger partial charge on any atom is 0.137 e. The monoisotopic (exact) mass is 232 g/mol. The van der Waals surface area contributed by atoms with Gasteiger partial charge in [0.1, 0.15) is 11.5 Å². The van der Waals surface area contributed by atoms with Crippen molar-refractivity contribution in [3.8, 4) is 5.75 Å². The molecule has 0 amide bonds. The van der Waals surface area contributed by atoms with Crippen LogP contribution >= 0.6 is 0 Å². The van der Waals surface area contributed by atoms with Crippen molar-refractivity contribution >= 4 is 5.78 Å². The van der Waals surface area contributed by atoms with Crippen LogP contribution < -0.4 is 4.74 Å². The molecule has 92 valence electrons. The molecule has 1 fully saturated rings. The number of carbonyl (C=O) groups excluding carboxylic acids is 1. The Morgan fingerprint density at radius 3 is 2.47 bits per heavy atom. The molecule has 2 rings (SSSR count). The van der Waals surface area contributed by atoms with Crippen LogP contribution in [0.4, 0.5) is 0 Å². The van der Waals surface area contributed by atoms with E-state index in [-0.39, 0.29) is 0 Å². The zero-order chi connectivity index (χ0) is 12.1. The summed E-state index contributed by atoms with van der Waals surface area (Å²) in [4.78, 5) is 11.9. The van der Waals surface area contributed by atoms with E-state index in [4.69, 9.17) is 4.74 Å². The average molecular weight is 232 g/mol. The molecule has 0 atom stereocenters. The molecular weight excluding hydrogens is 212 g/mol. The van der Waals surface area contributed by atoms with Gasteiger partial charge >= 0.3 is 0 Å². The number of hydrogen-bond acceptors (Lipinski definition) is 2. The lowest BCUT2D eigenvalue weighted by Gasteiger charge is -2.08. The summed E-state index contributed by atoms with van der Waals surface area (Å²) in [6.45, 7) is 0. The van der Waals surface area contributed by atoms with E-state index in [1.165, 1.54) is 25.7 Å². The molecule has 1 aromatic carbocycles. The van der Waals surface area contributed by atoms with Crippen molar-refractivity contribution in [3.05, 3.63) is 29.8 Å². The molecule has 1 aliphatic carbocycles. The predicted molar refractivity (Wildman–Crippen MR) is 68.3 cm³/mol. The Bertz CT molecular complexity index is 361. The lowest BCUT2D eigenvalue weighted by molar-refractivity contribution is -0.119. The molecule has 0 radical (unpaired) electrons. The normalized spacial score (nSPS) is 16.1. The first-order chi connectivity index (χ1) is 8.28. The third-order valence-corrected chi connectivity index (χ3v) is 3.55. The molecule has 17 heavy (non-hydrogen) atoms. The highest BCUT2D eigenvalue weighted by Gasteiger charge is 2.18. The van der Waals surface area contributed by atoms with Gasteiger partial charge < -0.3 is 4.74 Å². The van der Waals surface area contributed by atoms with Gasteiger partial charge in [-0.3, -0.25) is 4.79 Å². The lowest BCUT2D eigenvalue weighted by Crippen LogP contribution is -2.08. The predicted octanol–water partition coefficient (Wildman–Crippen LogP) is 3.39. The summed E-state index contributed by atoms with van der Waals surface area (Å²) in [7, 11) is 1.65. The first kappa shape index (κ1) is 12.2. The van der Waals surface area contributed by atoms with Crippen LogP contribution in [0, 0.1) is 5.92 Å². The summed E-state index contributed by atoms with van der Waals surface area (Å²) in [5.41, 5.74) is 1.09. The number of carbonyl (C=O) groups is 1. The largest absolute Gasteiger partial charge is 0.497 e. The smallest absolute Gasteiger partial charge is 0.137 e. The molecule has 0 aromatic heterocycles. The van der Waals surface area contributed by atoms with Crippen LogP contribution in [0.2, 0.25) is 0 Å². The van der Waals surface area contributed by atoms with E-state index in [1.54, 1.807) is 7.11 Å². The summed E-state index contributed by atoms with van der Waals surface area (Å²) in [6.07, 6.45) is 6.44. The molecule has 0 unspecified atom stereocenters. The van der Waals surface area contributed by atoms with Crippen molar-refractivity contribution in [2.45, 2.75) is 38.5 Å². The number of Topliss-reactive ketones (excluding diaryl/α,β-unsaturated/α-hetero) is 1. The minimum atomic E-state index is 0.377. The van der Waals surface area contributed by atoms with Gasteiger partial charge in [0.25, 0.3) is 0 Å². The van der Waals surface area contributed by atoms with E-state index in [0.29, 0.717) is 18.1 Å². The van der Waals surface area contributed by atoms with Crippen LogP contribution in [-0.4, -0.2) is 12.9 Å². The summed E-state index contributed by atoms with van der Waals surface area (Å²) in [6, 6.07) is 7.78. The Kier molecular flexibility index (Phi) is 4.18. The number of hydrogen-bond donors (Lipinski definition) is 0. The van der Waals surface area contributed by atoms with Crippen molar-refractivity contribution in [1.82, 2.24) is 0 Å². The third-order valence-electron chi connectivity index (χ3n) is 3.55. The van der Waals surface area contributed by atoms with Gasteiger partial charge in [0.15, 0.2) is 0 Å². The first-order valence-electron chi connectivity index (χ1n) is 6.42. The average Bonchev–Trinajstić information content (AvgIpc) is 2.82. The highest BCUT2D eigenvalue weighted by molar-refractivity contribution is 5.81. The van der Waals surface area contributed by atoms with Gasteiger partial charge in [0, 0.05) is 12.8 Å². The molecule has 0 spiro atoms. The van der Waals surface area contributed by atoms with E-state index in [2.05, 4.69) is 0 Å². The van der Waals surface area contributed by atoms with Gasteiger partial charge in [-0.1, -0.05) is 37.8 Å². The minimum absolute atomic E-state index is 0.377. The standard InChI is InChI=1S/C15H20O2/c1-17-15-8-6-13(7-9-15)11-14(16)10-12-4-2-3-5-12/h6-9,12H,2-5,10-11H2,1H3. The maximum absolute atomic E-state index is 11.9. The van der Waals surface area contributed by atoms with Gasteiger partial charge in [-0.15, -0.1) is 0 Å². The van der Waals surface area contributed by atoms with Crippen LogP contribution in [0.3, 0.4) is 0 Å². The van der Waals surface area contributed by atoms with Gasteiger partial charge in [-0.05, 0) is 23.6 Å². The summed E-state index contributed by atoms with van der Waals surface area (Å²) in [5.74, 6) is 1.87. The Balaban J connectivity index is 1.84. The number of rotatable bonds is 5. The Morgan fingerprint density at radius 2 is 1.88 bits per heavy atom. The fraction of sp³-hybridized carbons (Fsp3) is 0.533. The molecule has 0 aliphatic heterocycles. The minimum Gasteiger partial charge on any atom is -0.497 e. The van der Waals surface area contributed by atoms with Crippen molar-refractivity contribution in [3.63, 3.8) is 0 Å². The van der Waals surface area contributed by atoms with Crippen LogP contribution in [0.15, 0.2) is 24.3 Å². The van der Waals surface area contributed by atoms with Crippen molar-refractivity contribution in [1.29, 1.82) is 0 Å². The molecule has 0 heterocycles. The Morgan fingerprint density at radius 1 is 1.24 bits per heavy atom. The fourth-order valence-electron chi connectivity index (χ4n) is 2.58. The van der Waals surface area contributed by atoms with Gasteiger partial charge in [-0.2, -0.15) is 0 Å². The van der Waals surface area contributed by atoms with Crippen LogP contribution in [0.5, 0.6) is 5.75 Å². The van der Waals surface area contributed by atoms with Gasteiger partial charge in [-0.25, -0.2) is 0 Å². The highest BCUT2D eigenvalue weighted by atomic mass is 16.5. The third kappa shape index (κ3) is 3.58. The molecule has 0 bridgehead atoms. The van der Waals surface area contributed by atoms with Crippen molar-refractivity contribution < 1.29 is 9.53 Å². The second kappa shape index (κ2) is 5.85. The topological polar surface area (TPSA) is 26.3 Å². The SMILES string of the molecule is COc1ccc(CC(=O)CC2CCCC2)cc1. The highest BCUT2D eigenvalue weighted by Crippen LogP contribution is 2.28. The Labute approximate surface area is 103 Å². The van der Waals surface area contributed by atoms with E-state index in [0.717, 1.165) is 17.7 Å². The second-order valence-electron chi connectivity index (χ2n) is 4.92. The molecule has 0 N–H and O–H groups in total. The van der Waals surface area contributed by atoms with Crippen LogP contribution in [0.25, 0.3) is 0 Å². The second-order valence-corrected chi connectivity index (χ2v) is 4.92. The van der Waals surface area contributed by atoms with Crippen molar-refractivity contribution in [2.24, 2.45) is 5.92 Å². The van der Waals surface area contributed by atoms with Gasteiger partial charge in [0.2, 0.25) is 0 Å². The van der Waals surface area contributed by atoms with Crippen molar-refractivity contribution in [2.75, 3.05) is 7.11 Å². The van der Waals surface area contributed by atoms with Crippen LogP contribution in [-0.2, 0) is 11.2 Å². The summed E-state index contributed by atoms with van der Waals surface area (Å²) in [5, 5.41) is 0. The summed E-state index contributed by atoms with van der Waals surface area (Å²) >= 11 is 0. The maximum atomic E-state index is 11.9. The fourth-order valence-corrected chi connectivity index (χ4v) is 2.58. The zero-order valence-corrected chi connectivity index (χ0v) is 10.4. The molecule has 2 heteroatoms. The molecule has 1 aliphatic rings. The molecule has 1 aromatic rings. The summed E-state index contributed by atoms with van der Waals surface area (Å²) < 4.78 is 5.10. The Hall–Kier alpha value is -1.31. The molecule has 1 saturated carbocycles. The van der Waals surface area contributed by atoms with E-state index in [1.807, 2.05) is 24.3 Å². The van der Waals surface area contributed by atoms with E-state index >= 15 is 0 Å². The van der Waals surface area contributed by atoms with E-state index < -0.39 is 0 Å². The number of ketones is 1. The quantitative estimate of drug-likeness (QED) is 0.778. The number of benzene rings is 1. The van der Waals surface area contributed by atoms with Crippen LogP contribution in [0.1, 0.15) is 37.7 Å². The first-order valence-corrected chi connectivity index (χ1v) is 6.42. The number of methoxy groups -OCH3 is 1. The van der Waals surface area contributed by atoms with Gasteiger partial charge in [0.05, 0.1) is 7.11 Å². The lowest BCUT2D eigenvalue weighted by atomic mass is 9.97. The molecule has 0 saturated heterocycles.